The van der Waals surface area contributed by atoms with Gasteiger partial charge in [0.05, 0.1) is 6.54 Å². The second-order valence-electron chi connectivity index (χ2n) is 5.60. The maximum Gasteiger partial charge on any atom is 0.170 e. The molecule has 0 aliphatic rings. The van der Waals surface area contributed by atoms with Crippen LogP contribution in [0, 0.1) is 6.92 Å². The van der Waals surface area contributed by atoms with Crippen LogP contribution in [0.5, 0.6) is 5.75 Å². The molecule has 0 spiro atoms. The average Bonchev–Trinajstić information content (AvgIpc) is 2.60. The molecule has 4 heteroatoms. The van der Waals surface area contributed by atoms with Gasteiger partial charge in [-0.25, -0.2) is 0 Å². The third-order valence-corrected chi connectivity index (χ3v) is 3.93. The molecule has 0 unspecified atom stereocenters. The number of fused-ring (bicyclic) bond motifs is 1. The predicted octanol–water partition coefficient (Wildman–Crippen LogP) is 4.51. The van der Waals surface area contributed by atoms with Crippen molar-refractivity contribution in [2.45, 2.75) is 6.92 Å². The summed E-state index contributed by atoms with van der Waals surface area (Å²) in [5, 5.41) is 9.30. The molecule has 0 aliphatic carbocycles. The monoisotopic (exact) mass is 336 g/mol. The van der Waals surface area contributed by atoms with E-state index in [1.807, 2.05) is 42.5 Å². The van der Waals surface area contributed by atoms with E-state index in [4.69, 9.17) is 17.0 Å². The highest BCUT2D eigenvalue weighted by molar-refractivity contribution is 7.80. The van der Waals surface area contributed by atoms with Gasteiger partial charge >= 0.3 is 0 Å². The molecule has 0 radical (unpaired) electrons. The second-order valence-corrected chi connectivity index (χ2v) is 6.01. The summed E-state index contributed by atoms with van der Waals surface area (Å²) in [4.78, 5) is 0. The first-order valence-electron chi connectivity index (χ1n) is 7.94. The molecule has 0 saturated heterocycles. The zero-order valence-electron chi connectivity index (χ0n) is 13.6. The number of nitrogens with one attached hydrogen (secondary N) is 2. The Hall–Kier alpha value is -2.59. The van der Waals surface area contributed by atoms with E-state index in [9.17, 15) is 0 Å². The van der Waals surface area contributed by atoms with Crippen LogP contribution in [0.15, 0.2) is 66.7 Å². The fourth-order valence-electron chi connectivity index (χ4n) is 2.40. The molecule has 2 N–H and O–H groups in total. The maximum absolute atomic E-state index is 5.78. The van der Waals surface area contributed by atoms with Crippen LogP contribution in [0.4, 0.5) is 5.69 Å². The summed E-state index contributed by atoms with van der Waals surface area (Å²) in [6.45, 7) is 3.25. The number of ether oxygens (including phenoxy) is 1. The summed E-state index contributed by atoms with van der Waals surface area (Å²) < 4.78 is 5.78. The van der Waals surface area contributed by atoms with Crippen molar-refractivity contribution in [2.75, 3.05) is 18.5 Å². The van der Waals surface area contributed by atoms with Gasteiger partial charge in [0, 0.05) is 5.69 Å². The fourth-order valence-corrected chi connectivity index (χ4v) is 2.62. The first-order valence-corrected chi connectivity index (χ1v) is 8.35. The Morgan fingerprint density at radius 1 is 0.958 bits per heavy atom. The Balaban J connectivity index is 1.44. The van der Waals surface area contributed by atoms with Gasteiger partial charge in [0.1, 0.15) is 12.4 Å². The lowest BCUT2D eigenvalue weighted by molar-refractivity contribution is 0.323. The third kappa shape index (κ3) is 4.46. The molecule has 24 heavy (non-hydrogen) atoms. The Morgan fingerprint density at radius 3 is 2.50 bits per heavy atom. The Kier molecular flexibility index (Phi) is 5.29. The van der Waals surface area contributed by atoms with Crippen LogP contribution in [0.2, 0.25) is 0 Å². The van der Waals surface area contributed by atoms with Crippen molar-refractivity contribution in [3.63, 3.8) is 0 Å². The van der Waals surface area contributed by atoms with E-state index in [-0.39, 0.29) is 0 Å². The molecule has 0 amide bonds. The van der Waals surface area contributed by atoms with Gasteiger partial charge < -0.3 is 15.4 Å². The van der Waals surface area contributed by atoms with E-state index < -0.39 is 0 Å². The Bertz CT molecular complexity index is 830. The van der Waals surface area contributed by atoms with E-state index in [1.165, 1.54) is 16.3 Å². The van der Waals surface area contributed by atoms with Crippen LogP contribution in [0.1, 0.15) is 5.56 Å². The number of rotatable bonds is 5. The molecular formula is C20H20N2OS. The van der Waals surface area contributed by atoms with Crippen molar-refractivity contribution in [3.05, 3.63) is 72.3 Å². The van der Waals surface area contributed by atoms with Gasteiger partial charge in [-0.3, -0.25) is 0 Å². The highest BCUT2D eigenvalue weighted by Crippen LogP contribution is 2.20. The average molecular weight is 336 g/mol. The molecule has 0 aromatic heterocycles. The fraction of sp³-hybridized carbons (Fsp3) is 0.150. The van der Waals surface area contributed by atoms with Crippen LogP contribution in [-0.4, -0.2) is 18.3 Å². The van der Waals surface area contributed by atoms with E-state index >= 15 is 0 Å². The normalized spacial score (nSPS) is 10.4. The zero-order chi connectivity index (χ0) is 16.8. The lowest BCUT2D eigenvalue weighted by atomic mass is 10.1. The SMILES string of the molecule is Cc1ccc(NC(=S)NCCOc2ccc3ccccc3c2)cc1. The molecule has 0 heterocycles. The molecule has 3 aromatic carbocycles. The van der Waals surface area contributed by atoms with E-state index in [2.05, 4.69) is 41.8 Å². The first kappa shape index (κ1) is 16.3. The number of aryl methyl sites for hydroxylation is 1. The summed E-state index contributed by atoms with van der Waals surface area (Å²) in [7, 11) is 0. The third-order valence-electron chi connectivity index (χ3n) is 3.69. The topological polar surface area (TPSA) is 33.3 Å². The first-order chi connectivity index (χ1) is 11.7. The summed E-state index contributed by atoms with van der Waals surface area (Å²) in [6.07, 6.45) is 0. The quantitative estimate of drug-likeness (QED) is 0.530. The van der Waals surface area contributed by atoms with Crippen molar-refractivity contribution in [2.24, 2.45) is 0 Å². The molecule has 3 rings (SSSR count). The van der Waals surface area contributed by atoms with Crippen molar-refractivity contribution in [1.29, 1.82) is 0 Å². The summed E-state index contributed by atoms with van der Waals surface area (Å²) in [6, 6.07) is 22.5. The Labute approximate surface area is 147 Å². The smallest absolute Gasteiger partial charge is 0.170 e. The minimum Gasteiger partial charge on any atom is -0.492 e. The number of hydrogen-bond donors (Lipinski definition) is 2. The van der Waals surface area contributed by atoms with Crippen LogP contribution in [0.3, 0.4) is 0 Å². The predicted molar refractivity (Wildman–Crippen MR) is 105 cm³/mol. The minimum atomic E-state index is 0.550. The number of anilines is 1. The molecule has 0 aliphatic heterocycles. The standard InChI is InChI=1S/C20H20N2OS/c1-15-6-9-18(10-7-15)22-20(24)21-12-13-23-19-11-8-16-4-2-3-5-17(16)14-19/h2-11,14H,12-13H2,1H3,(H2,21,22,24). The van der Waals surface area contributed by atoms with Gasteiger partial charge in [0.15, 0.2) is 5.11 Å². The van der Waals surface area contributed by atoms with Crippen molar-refractivity contribution >= 4 is 33.8 Å². The van der Waals surface area contributed by atoms with Crippen molar-refractivity contribution in [3.8, 4) is 5.75 Å². The van der Waals surface area contributed by atoms with Gasteiger partial charge in [-0.15, -0.1) is 0 Å². The van der Waals surface area contributed by atoms with Crippen LogP contribution in [0.25, 0.3) is 10.8 Å². The zero-order valence-corrected chi connectivity index (χ0v) is 14.4. The van der Waals surface area contributed by atoms with Crippen LogP contribution < -0.4 is 15.4 Å². The number of hydrogen-bond acceptors (Lipinski definition) is 2. The van der Waals surface area contributed by atoms with Crippen molar-refractivity contribution < 1.29 is 4.74 Å². The highest BCUT2D eigenvalue weighted by Gasteiger charge is 1.99. The lowest BCUT2D eigenvalue weighted by Gasteiger charge is -2.12. The molecule has 0 saturated carbocycles. The summed E-state index contributed by atoms with van der Waals surface area (Å²) >= 11 is 5.28. The molecule has 122 valence electrons. The summed E-state index contributed by atoms with van der Waals surface area (Å²) in [5.74, 6) is 0.868. The number of thiocarbonyl (C=S) groups is 1. The van der Waals surface area contributed by atoms with Gasteiger partial charge in [-0.2, -0.15) is 0 Å². The van der Waals surface area contributed by atoms with Crippen LogP contribution >= 0.6 is 12.2 Å². The molecule has 0 fully saturated rings. The van der Waals surface area contributed by atoms with Gasteiger partial charge in [0.2, 0.25) is 0 Å². The van der Waals surface area contributed by atoms with E-state index in [0.717, 1.165) is 11.4 Å². The molecule has 0 atom stereocenters. The van der Waals surface area contributed by atoms with Crippen molar-refractivity contribution in [1.82, 2.24) is 5.32 Å². The maximum atomic E-state index is 5.78. The lowest BCUT2D eigenvalue weighted by Crippen LogP contribution is -2.31. The molecule has 3 nitrogen and oxygen atoms in total. The van der Waals surface area contributed by atoms with Crippen LogP contribution in [-0.2, 0) is 0 Å². The van der Waals surface area contributed by atoms with Gasteiger partial charge in [-0.1, -0.05) is 48.0 Å². The minimum absolute atomic E-state index is 0.550. The molecule has 0 bridgehead atoms. The Morgan fingerprint density at radius 2 is 1.71 bits per heavy atom. The van der Waals surface area contributed by atoms with Gasteiger partial charge in [-0.05, 0) is 54.2 Å². The summed E-state index contributed by atoms with van der Waals surface area (Å²) in [5.41, 5.74) is 2.21. The largest absolute Gasteiger partial charge is 0.492 e. The van der Waals surface area contributed by atoms with E-state index in [1.54, 1.807) is 0 Å². The van der Waals surface area contributed by atoms with E-state index in [0.29, 0.717) is 18.3 Å². The second kappa shape index (κ2) is 7.79. The molecule has 3 aromatic rings. The molecular weight excluding hydrogens is 316 g/mol. The number of benzene rings is 3. The highest BCUT2D eigenvalue weighted by atomic mass is 32.1. The van der Waals surface area contributed by atoms with Gasteiger partial charge in [0.25, 0.3) is 0 Å².